The van der Waals surface area contributed by atoms with E-state index in [9.17, 15) is 4.79 Å². The third-order valence-corrected chi connectivity index (χ3v) is 4.05. The van der Waals surface area contributed by atoms with Gasteiger partial charge in [-0.2, -0.15) is 0 Å². The number of aryl methyl sites for hydroxylation is 1. The van der Waals surface area contributed by atoms with E-state index in [1.54, 1.807) is 0 Å². The quantitative estimate of drug-likeness (QED) is 0.402. The maximum absolute atomic E-state index is 11.3. The molecule has 2 aromatic carbocycles. The Morgan fingerprint density at radius 2 is 2.05 bits per heavy atom. The number of hydrogen-bond donors (Lipinski definition) is 1. The standard InChI is InChI=1S/C15H14BrNO3/c1-20-15(18)13(17-19)9-8-11-7-6-10-4-2-3-5-12(10)14(11)16/h2-7,19H,8-9H2,1H3. The van der Waals surface area contributed by atoms with E-state index in [4.69, 9.17) is 5.21 Å². The number of halogens is 1. The average Bonchev–Trinajstić information content (AvgIpc) is 2.49. The number of hydrogen-bond acceptors (Lipinski definition) is 4. The van der Waals surface area contributed by atoms with Gasteiger partial charge in [-0.1, -0.05) is 41.6 Å². The molecule has 20 heavy (non-hydrogen) atoms. The maximum atomic E-state index is 11.3. The third kappa shape index (κ3) is 2.99. The molecule has 0 aromatic heterocycles. The fourth-order valence-corrected chi connectivity index (χ4v) is 2.73. The number of esters is 1. The molecule has 1 N–H and O–H groups in total. The Balaban J connectivity index is 2.22. The third-order valence-electron chi connectivity index (χ3n) is 3.12. The van der Waals surface area contributed by atoms with E-state index in [2.05, 4.69) is 25.8 Å². The van der Waals surface area contributed by atoms with Crippen molar-refractivity contribution in [2.24, 2.45) is 5.16 Å². The van der Waals surface area contributed by atoms with Gasteiger partial charge in [-0.3, -0.25) is 0 Å². The van der Waals surface area contributed by atoms with E-state index in [-0.39, 0.29) is 5.71 Å². The lowest BCUT2D eigenvalue weighted by Gasteiger charge is -2.08. The van der Waals surface area contributed by atoms with Crippen molar-refractivity contribution in [3.8, 4) is 0 Å². The molecule has 0 aliphatic carbocycles. The van der Waals surface area contributed by atoms with Gasteiger partial charge in [0.05, 0.1) is 7.11 Å². The van der Waals surface area contributed by atoms with Gasteiger partial charge in [0.1, 0.15) is 0 Å². The molecule has 2 aromatic rings. The number of carbonyl (C=O) groups is 1. The topological polar surface area (TPSA) is 58.9 Å². The molecule has 0 bridgehead atoms. The minimum Gasteiger partial charge on any atom is -0.464 e. The molecular weight excluding hydrogens is 322 g/mol. The zero-order chi connectivity index (χ0) is 14.5. The fourth-order valence-electron chi connectivity index (χ4n) is 2.04. The van der Waals surface area contributed by atoms with Crippen LogP contribution in [0.3, 0.4) is 0 Å². The van der Waals surface area contributed by atoms with Crippen LogP contribution in [0.25, 0.3) is 10.8 Å². The Labute approximate surface area is 125 Å². The number of rotatable bonds is 4. The molecule has 0 aliphatic rings. The van der Waals surface area contributed by atoms with Crippen molar-refractivity contribution in [2.75, 3.05) is 7.11 Å². The molecule has 0 saturated heterocycles. The zero-order valence-electron chi connectivity index (χ0n) is 11.0. The summed E-state index contributed by atoms with van der Waals surface area (Å²) < 4.78 is 5.55. The van der Waals surface area contributed by atoms with Gasteiger partial charge in [-0.15, -0.1) is 0 Å². The summed E-state index contributed by atoms with van der Waals surface area (Å²) >= 11 is 3.59. The van der Waals surface area contributed by atoms with Crippen molar-refractivity contribution in [2.45, 2.75) is 12.8 Å². The second-order valence-corrected chi connectivity index (χ2v) is 5.09. The maximum Gasteiger partial charge on any atom is 0.355 e. The lowest BCUT2D eigenvalue weighted by Crippen LogP contribution is -2.16. The van der Waals surface area contributed by atoms with E-state index in [1.165, 1.54) is 7.11 Å². The predicted molar refractivity (Wildman–Crippen MR) is 81.2 cm³/mol. The molecule has 0 radical (unpaired) electrons. The highest BCUT2D eigenvalue weighted by atomic mass is 79.9. The Morgan fingerprint density at radius 1 is 1.30 bits per heavy atom. The number of carbonyl (C=O) groups excluding carboxylic acids is 1. The van der Waals surface area contributed by atoms with E-state index < -0.39 is 5.97 Å². The molecule has 0 spiro atoms. The molecule has 0 saturated carbocycles. The lowest BCUT2D eigenvalue weighted by atomic mass is 10.0. The molecule has 0 fully saturated rings. The Bertz CT molecular complexity index is 667. The fraction of sp³-hybridized carbons (Fsp3) is 0.200. The summed E-state index contributed by atoms with van der Waals surface area (Å²) in [5.74, 6) is -0.607. The monoisotopic (exact) mass is 335 g/mol. The number of methoxy groups -OCH3 is 1. The largest absolute Gasteiger partial charge is 0.464 e. The summed E-state index contributed by atoms with van der Waals surface area (Å²) in [7, 11) is 1.26. The molecular formula is C15H14BrNO3. The van der Waals surface area contributed by atoms with Crippen molar-refractivity contribution in [1.82, 2.24) is 0 Å². The van der Waals surface area contributed by atoms with Gasteiger partial charge in [-0.25, -0.2) is 4.79 Å². The average molecular weight is 336 g/mol. The Hall–Kier alpha value is -1.88. The summed E-state index contributed by atoms with van der Waals surface area (Å²) in [5, 5.41) is 14.1. The van der Waals surface area contributed by atoms with Gasteiger partial charge >= 0.3 is 5.97 Å². The first-order valence-electron chi connectivity index (χ1n) is 6.12. The number of benzene rings is 2. The molecule has 2 rings (SSSR count). The first-order valence-corrected chi connectivity index (χ1v) is 6.92. The van der Waals surface area contributed by atoms with Crippen LogP contribution in [0.15, 0.2) is 46.0 Å². The van der Waals surface area contributed by atoms with Crippen LogP contribution in [0.2, 0.25) is 0 Å². The van der Waals surface area contributed by atoms with Crippen LogP contribution in [0.4, 0.5) is 0 Å². The number of oxime groups is 1. The van der Waals surface area contributed by atoms with E-state index in [0.717, 1.165) is 20.8 Å². The molecule has 0 heterocycles. The van der Waals surface area contributed by atoms with Crippen molar-refractivity contribution < 1.29 is 14.7 Å². The van der Waals surface area contributed by atoms with Crippen molar-refractivity contribution in [3.63, 3.8) is 0 Å². The van der Waals surface area contributed by atoms with Crippen molar-refractivity contribution in [3.05, 3.63) is 46.4 Å². The molecule has 4 nitrogen and oxygen atoms in total. The molecule has 5 heteroatoms. The van der Waals surface area contributed by atoms with Gasteiger partial charge in [0.2, 0.25) is 0 Å². The first kappa shape index (κ1) is 14.5. The van der Waals surface area contributed by atoms with Gasteiger partial charge < -0.3 is 9.94 Å². The van der Waals surface area contributed by atoms with Crippen LogP contribution in [0.1, 0.15) is 12.0 Å². The molecule has 104 valence electrons. The highest BCUT2D eigenvalue weighted by molar-refractivity contribution is 9.10. The summed E-state index contributed by atoms with van der Waals surface area (Å²) in [5.41, 5.74) is 1.07. The van der Waals surface area contributed by atoms with Gasteiger partial charge in [0.25, 0.3) is 0 Å². The highest BCUT2D eigenvalue weighted by Gasteiger charge is 2.14. The van der Waals surface area contributed by atoms with Crippen LogP contribution >= 0.6 is 15.9 Å². The van der Waals surface area contributed by atoms with Gasteiger partial charge in [0, 0.05) is 10.9 Å². The van der Waals surface area contributed by atoms with E-state index in [1.807, 2.05) is 36.4 Å². The number of nitrogens with zero attached hydrogens (tertiary/aromatic N) is 1. The molecule has 0 unspecified atom stereocenters. The van der Waals surface area contributed by atoms with Crippen LogP contribution in [-0.4, -0.2) is 24.0 Å². The first-order chi connectivity index (χ1) is 9.67. The molecule has 0 amide bonds. The smallest absolute Gasteiger partial charge is 0.355 e. The van der Waals surface area contributed by atoms with Gasteiger partial charge in [-0.05, 0) is 38.7 Å². The summed E-state index contributed by atoms with van der Waals surface area (Å²) in [6, 6.07) is 12.1. The van der Waals surface area contributed by atoms with Crippen LogP contribution < -0.4 is 0 Å². The lowest BCUT2D eigenvalue weighted by molar-refractivity contribution is -0.133. The van der Waals surface area contributed by atoms with Crippen molar-refractivity contribution in [1.29, 1.82) is 0 Å². The van der Waals surface area contributed by atoms with Crippen LogP contribution in [-0.2, 0) is 16.0 Å². The number of ether oxygens (including phenoxy) is 1. The second-order valence-electron chi connectivity index (χ2n) is 4.30. The summed E-state index contributed by atoms with van der Waals surface area (Å²) in [6.07, 6.45) is 0.903. The van der Waals surface area contributed by atoms with Crippen LogP contribution in [0.5, 0.6) is 0 Å². The summed E-state index contributed by atoms with van der Waals surface area (Å²) in [6.45, 7) is 0. The highest BCUT2D eigenvalue weighted by Crippen LogP contribution is 2.28. The Kier molecular flexibility index (Phi) is 4.74. The Morgan fingerprint density at radius 3 is 2.75 bits per heavy atom. The zero-order valence-corrected chi connectivity index (χ0v) is 12.6. The van der Waals surface area contributed by atoms with E-state index in [0.29, 0.717) is 12.8 Å². The van der Waals surface area contributed by atoms with Crippen molar-refractivity contribution >= 4 is 38.4 Å². The minimum absolute atomic E-state index is 0.0209. The SMILES string of the molecule is COC(=O)C(CCc1ccc2ccccc2c1Br)=NO. The molecule has 0 atom stereocenters. The second kappa shape index (κ2) is 6.52. The summed E-state index contributed by atoms with van der Waals surface area (Å²) in [4.78, 5) is 11.3. The van der Waals surface area contributed by atoms with Crippen LogP contribution in [0, 0.1) is 0 Å². The van der Waals surface area contributed by atoms with E-state index >= 15 is 0 Å². The predicted octanol–water partition coefficient (Wildman–Crippen LogP) is 3.54. The normalized spacial score (nSPS) is 11.6. The molecule has 0 aliphatic heterocycles. The minimum atomic E-state index is -0.607. The number of fused-ring (bicyclic) bond motifs is 1. The van der Waals surface area contributed by atoms with Gasteiger partial charge in [0.15, 0.2) is 5.71 Å².